The van der Waals surface area contributed by atoms with Crippen LogP contribution in [0.5, 0.6) is 12.0 Å². The Hall–Kier alpha value is -12.5. The van der Waals surface area contributed by atoms with E-state index < -0.39 is 24.1 Å². The predicted octanol–water partition coefficient (Wildman–Crippen LogP) is 19.1. The number of halogens is 14. The normalized spacial score (nSPS) is 10.3. The summed E-state index contributed by atoms with van der Waals surface area (Å²) >= 11 is 33.7. The zero-order valence-corrected chi connectivity index (χ0v) is 61.2. The summed E-state index contributed by atoms with van der Waals surface area (Å²) in [4.78, 5) is 61.8. The summed E-state index contributed by atoms with van der Waals surface area (Å²) in [7, 11) is 2.62. The van der Waals surface area contributed by atoms with Crippen molar-refractivity contribution in [3.63, 3.8) is 0 Å². The van der Waals surface area contributed by atoms with Crippen molar-refractivity contribution in [2.75, 3.05) is 14.2 Å². The number of nitrogens with zero attached hydrogens (tertiary/aromatic N) is 16. The molecule has 35 heteroatoms. The van der Waals surface area contributed by atoms with Crippen molar-refractivity contribution in [1.29, 1.82) is 10.8 Å². The summed E-state index contributed by atoms with van der Waals surface area (Å²) in [6.45, 7) is 0. The number of ether oxygens (including phenoxy) is 2. The largest absolute Gasteiger partial charge is 0.467 e. The second kappa shape index (κ2) is 39.6. The summed E-state index contributed by atoms with van der Waals surface area (Å²) in [5, 5.41) is 17.9. The molecule has 0 amide bonds. The first-order valence-corrected chi connectivity index (χ1v) is 33.6. The number of benzene rings is 8. The molecular formula is C76H48Cl6F8N18O3. The molecule has 0 unspecified atom stereocenters. The topological polar surface area (TPSA) is 304 Å². The lowest BCUT2D eigenvalue weighted by Crippen LogP contribution is -2.14. The molecule has 0 spiro atoms. The van der Waals surface area contributed by atoms with Gasteiger partial charge in [0.2, 0.25) is 22.5 Å². The zero-order chi connectivity index (χ0) is 78.4. The van der Waals surface area contributed by atoms with E-state index >= 15 is 0 Å². The first kappa shape index (κ1) is 82.6. The summed E-state index contributed by atoms with van der Waals surface area (Å²) in [5.74, 6) is -3.02. The third kappa shape index (κ3) is 24.3. The van der Waals surface area contributed by atoms with Crippen LogP contribution in [0.15, 0.2) is 231 Å². The van der Waals surface area contributed by atoms with Crippen LogP contribution in [-0.2, 0) is 0 Å². The van der Waals surface area contributed by atoms with Gasteiger partial charge < -0.3 is 14.9 Å². The molecule has 0 aliphatic heterocycles. The maximum absolute atomic E-state index is 13.3. The lowest BCUT2D eigenvalue weighted by Gasteiger charge is -2.06. The highest BCUT2D eigenvalue weighted by Crippen LogP contribution is 2.29. The minimum Gasteiger partial charge on any atom is -0.467 e. The molecule has 0 saturated heterocycles. The number of fused-ring (bicyclic) bond motifs is 4. The molecule has 0 atom stereocenters. The molecule has 16 aromatic rings. The number of pyridine rings is 2. The number of aromatic nitrogens is 16. The lowest BCUT2D eigenvalue weighted by atomic mass is 10.00. The monoisotopic (exact) mass is 1620 g/mol. The van der Waals surface area contributed by atoms with Crippen LogP contribution in [0.2, 0.25) is 30.9 Å². The van der Waals surface area contributed by atoms with Gasteiger partial charge in [0.25, 0.3) is 0 Å². The Balaban J connectivity index is 0.000000158. The highest BCUT2D eigenvalue weighted by Gasteiger charge is 2.14. The SMILES string of the molecule is COc1nc(Cl)nc(Cl)n1.COc1nc(F)nc(F)n1.Clc1ccc2nc(-c3ccc(-c4cnc5cc(Cl)ccc5n4)cc3)cnc2c1.Clc1cccc(Cl)n1.Fc1ccc2nc(-c3ccc(-c4cnc5cc(F)ccc5n4)cc3)cnc2c1.Fc1cccc(F)n1.N=C(C(=N)c1ccc(F)cc1)c1ccc(F)cc1.O. The quantitative estimate of drug-likeness (QED) is 0.0770. The van der Waals surface area contributed by atoms with Gasteiger partial charge >= 0.3 is 24.2 Å². The van der Waals surface area contributed by atoms with Gasteiger partial charge in [0.15, 0.2) is 0 Å². The van der Waals surface area contributed by atoms with E-state index in [2.05, 4.69) is 89.2 Å². The standard InChI is InChI=1S/C22H12Cl2N4.C22H12F2N4.C14H10F2N2.C5H3Cl2N.C5H3F2N.C4H3Cl2N3O.C4H3F2N3O.H2O/c2*23-15-5-7-17-19(9-15)25-11-21(27-17)13-1-2-14(4-3-13)22-12-26-20-10-16(24)6-8-18(20)28-22;15-11-5-1-9(2-6-11)13(17)14(18)10-3-7-12(16)8-4-10;2*6-4-2-1-3-5(7)8-4;2*1-10-4-8-2(5)7-3(6)9-4;/h2*1-12H;1-8,17-18H;2*1-3H;2*1H3;1H2. The van der Waals surface area contributed by atoms with E-state index in [1.165, 1.54) is 93.1 Å². The lowest BCUT2D eigenvalue weighted by molar-refractivity contribution is 0.340. The molecule has 4 N–H and O–H groups in total. The third-order valence-electron chi connectivity index (χ3n) is 14.3. The fourth-order valence-electron chi connectivity index (χ4n) is 9.20. The molecule has 111 heavy (non-hydrogen) atoms. The van der Waals surface area contributed by atoms with Crippen molar-refractivity contribution in [2.24, 2.45) is 0 Å². The van der Waals surface area contributed by atoms with E-state index in [1.807, 2.05) is 84.9 Å². The van der Waals surface area contributed by atoms with Crippen molar-refractivity contribution in [1.82, 2.24) is 79.7 Å². The van der Waals surface area contributed by atoms with Gasteiger partial charge in [-0.25, -0.2) is 42.5 Å². The van der Waals surface area contributed by atoms with Gasteiger partial charge in [-0.2, -0.15) is 42.5 Å². The molecule has 16 rings (SSSR count). The van der Waals surface area contributed by atoms with Crippen LogP contribution in [0, 0.1) is 58.1 Å². The van der Waals surface area contributed by atoms with Crippen LogP contribution < -0.4 is 9.47 Å². The van der Waals surface area contributed by atoms with Crippen molar-refractivity contribution < 1.29 is 50.1 Å². The zero-order valence-electron chi connectivity index (χ0n) is 56.7. The third-order valence-corrected chi connectivity index (χ3v) is 15.6. The van der Waals surface area contributed by atoms with E-state index in [0.29, 0.717) is 64.9 Å². The number of methoxy groups -OCH3 is 2. The highest BCUT2D eigenvalue weighted by molar-refractivity contribution is 6.51. The van der Waals surface area contributed by atoms with Gasteiger partial charge in [-0.1, -0.05) is 107 Å². The average Bonchev–Trinajstić information content (AvgIpc) is 0.813. The predicted molar refractivity (Wildman–Crippen MR) is 408 cm³/mol. The minimum absolute atomic E-state index is 0. The van der Waals surface area contributed by atoms with Crippen LogP contribution in [0.3, 0.4) is 0 Å². The molecule has 0 saturated carbocycles. The van der Waals surface area contributed by atoms with Crippen molar-refractivity contribution in [3.8, 4) is 57.1 Å². The van der Waals surface area contributed by atoms with Crippen molar-refractivity contribution >= 4 is 125 Å². The minimum atomic E-state index is -1.19. The molecule has 0 aliphatic rings. The second-order valence-corrected chi connectivity index (χ2v) is 24.1. The Morgan fingerprint density at radius 2 is 0.604 bits per heavy atom. The van der Waals surface area contributed by atoms with E-state index in [0.717, 1.165) is 67.8 Å². The van der Waals surface area contributed by atoms with E-state index in [-0.39, 0.29) is 62.8 Å². The summed E-state index contributed by atoms with van der Waals surface area (Å²) in [5.41, 5.74) is 13.1. The average molecular weight is 1630 g/mol. The molecule has 0 radical (unpaired) electrons. The molecule has 8 aromatic heterocycles. The second-order valence-electron chi connectivity index (χ2n) is 21.8. The maximum Gasteiger partial charge on any atom is 0.324 e. The number of hydrogen-bond acceptors (Lipinski definition) is 20. The fraction of sp³-hybridized carbons (Fsp3) is 0.0263. The van der Waals surface area contributed by atoms with Gasteiger partial charge in [-0.3, -0.25) is 30.8 Å². The van der Waals surface area contributed by atoms with Gasteiger partial charge in [0.1, 0.15) is 33.6 Å². The Labute approximate surface area is 653 Å². The molecule has 0 fully saturated rings. The summed E-state index contributed by atoms with van der Waals surface area (Å²) in [6.07, 6.45) is 4.39. The van der Waals surface area contributed by atoms with E-state index in [1.54, 1.807) is 55.1 Å². The molecule has 0 aliphatic carbocycles. The Morgan fingerprint density at radius 1 is 0.297 bits per heavy atom. The Bertz CT molecular complexity index is 5290. The molecule has 0 bridgehead atoms. The fourth-order valence-corrected chi connectivity index (χ4v) is 10.3. The first-order chi connectivity index (χ1) is 52.9. The smallest absolute Gasteiger partial charge is 0.324 e. The molecule has 21 nitrogen and oxygen atoms in total. The summed E-state index contributed by atoms with van der Waals surface area (Å²) in [6, 6.07) is 54.4. The van der Waals surface area contributed by atoms with Crippen LogP contribution in [0.25, 0.3) is 89.2 Å². The molecule has 8 heterocycles. The molecule has 558 valence electrons. The number of hydrogen-bond donors (Lipinski definition) is 2. The van der Waals surface area contributed by atoms with E-state index in [9.17, 15) is 35.1 Å². The van der Waals surface area contributed by atoms with Crippen LogP contribution in [-0.4, -0.2) is 111 Å². The van der Waals surface area contributed by atoms with Gasteiger partial charge in [-0.05, 0) is 157 Å². The van der Waals surface area contributed by atoms with Crippen molar-refractivity contribution in [3.05, 3.63) is 320 Å². The van der Waals surface area contributed by atoms with Crippen LogP contribution in [0.1, 0.15) is 11.1 Å². The molecule has 8 aromatic carbocycles. The Morgan fingerprint density at radius 3 is 0.910 bits per heavy atom. The van der Waals surface area contributed by atoms with Crippen molar-refractivity contribution in [2.45, 2.75) is 0 Å². The van der Waals surface area contributed by atoms with Gasteiger partial charge in [-0.15, -0.1) is 9.97 Å². The summed E-state index contributed by atoms with van der Waals surface area (Å²) < 4.78 is 109. The van der Waals surface area contributed by atoms with Crippen LogP contribution in [0.4, 0.5) is 35.1 Å². The number of rotatable bonds is 9. The first-order valence-electron chi connectivity index (χ1n) is 31.3. The maximum atomic E-state index is 13.3. The van der Waals surface area contributed by atoms with E-state index in [4.69, 9.17) is 80.4 Å². The van der Waals surface area contributed by atoms with Gasteiger partial charge in [0, 0.05) is 55.6 Å². The highest BCUT2D eigenvalue weighted by atomic mass is 35.5. The van der Waals surface area contributed by atoms with Crippen LogP contribution >= 0.6 is 69.6 Å². The number of nitrogens with one attached hydrogen (secondary N) is 2. The molecular weight excluding hydrogens is 1580 g/mol. The Kier molecular flexibility index (Phi) is 29.4. The van der Waals surface area contributed by atoms with Gasteiger partial charge in [0.05, 0.1) is 117 Å².